The molecule has 2 heteroatoms. The van der Waals surface area contributed by atoms with Gasteiger partial charge in [0.2, 0.25) is 0 Å². The van der Waals surface area contributed by atoms with Crippen LogP contribution in [0.3, 0.4) is 0 Å². The molecule has 0 aromatic rings. The summed E-state index contributed by atoms with van der Waals surface area (Å²) in [5, 5.41) is 1.32. The van der Waals surface area contributed by atoms with Gasteiger partial charge in [-0.2, -0.15) is 5.06 Å². The maximum Gasteiger partial charge on any atom is 0.107 e. The SMILES string of the molecule is CCCC[NH+](CCCC)OCC. The monoisotopic (exact) mass is 174 g/mol. The van der Waals surface area contributed by atoms with Gasteiger partial charge in [-0.05, 0) is 19.8 Å². The van der Waals surface area contributed by atoms with E-state index in [9.17, 15) is 0 Å². The van der Waals surface area contributed by atoms with E-state index in [4.69, 9.17) is 4.84 Å². The molecule has 0 amide bonds. The van der Waals surface area contributed by atoms with Gasteiger partial charge in [0, 0.05) is 0 Å². The Kier molecular flexibility index (Phi) is 8.95. The zero-order valence-corrected chi connectivity index (χ0v) is 8.86. The summed E-state index contributed by atoms with van der Waals surface area (Å²) in [5.41, 5.74) is 0. The lowest BCUT2D eigenvalue weighted by Gasteiger charge is -2.15. The molecule has 0 rings (SSSR count). The molecule has 0 heterocycles. The average Bonchev–Trinajstić information content (AvgIpc) is 2.10. The molecule has 0 radical (unpaired) electrons. The predicted octanol–water partition coefficient (Wildman–Crippen LogP) is 1.42. The van der Waals surface area contributed by atoms with Crippen molar-refractivity contribution in [2.24, 2.45) is 0 Å². The van der Waals surface area contributed by atoms with Gasteiger partial charge in [-0.3, -0.25) is 0 Å². The van der Waals surface area contributed by atoms with Crippen LogP contribution >= 0.6 is 0 Å². The molecule has 0 unspecified atom stereocenters. The molecule has 0 spiro atoms. The topological polar surface area (TPSA) is 13.7 Å². The van der Waals surface area contributed by atoms with Crippen molar-refractivity contribution in [3.8, 4) is 0 Å². The molecule has 0 saturated carbocycles. The number of unbranched alkanes of at least 4 members (excludes halogenated alkanes) is 2. The Hall–Kier alpha value is -0.0800. The van der Waals surface area contributed by atoms with Crippen molar-refractivity contribution in [3.63, 3.8) is 0 Å². The van der Waals surface area contributed by atoms with Gasteiger partial charge in [0.05, 0.1) is 0 Å². The third-order valence-corrected chi connectivity index (χ3v) is 1.97. The molecule has 0 aromatic heterocycles. The summed E-state index contributed by atoms with van der Waals surface area (Å²) in [6.07, 6.45) is 5.09. The molecule has 0 aliphatic rings. The molecule has 0 saturated heterocycles. The normalized spacial score (nSPS) is 11.0. The van der Waals surface area contributed by atoms with Crippen LogP contribution in [0.15, 0.2) is 0 Å². The van der Waals surface area contributed by atoms with Crippen LogP contribution in [0.5, 0.6) is 0 Å². The molecule has 0 aliphatic carbocycles. The fourth-order valence-electron chi connectivity index (χ4n) is 1.22. The zero-order chi connectivity index (χ0) is 9.23. The van der Waals surface area contributed by atoms with Crippen molar-refractivity contribution < 1.29 is 9.90 Å². The Labute approximate surface area is 76.9 Å². The van der Waals surface area contributed by atoms with Gasteiger partial charge in [0.15, 0.2) is 0 Å². The summed E-state index contributed by atoms with van der Waals surface area (Å²) in [6, 6.07) is 0. The first-order valence-electron chi connectivity index (χ1n) is 5.32. The molecule has 12 heavy (non-hydrogen) atoms. The van der Waals surface area contributed by atoms with Crippen molar-refractivity contribution in [2.45, 2.75) is 46.5 Å². The second-order valence-corrected chi connectivity index (χ2v) is 3.18. The number of hydrogen-bond acceptors (Lipinski definition) is 1. The maximum atomic E-state index is 5.56. The first kappa shape index (κ1) is 11.9. The quantitative estimate of drug-likeness (QED) is 0.550. The fraction of sp³-hybridized carbons (Fsp3) is 1.00. The number of hydroxylamine groups is 2. The van der Waals surface area contributed by atoms with Crippen molar-refractivity contribution in [2.75, 3.05) is 19.7 Å². The highest BCUT2D eigenvalue weighted by Crippen LogP contribution is 1.83. The smallest absolute Gasteiger partial charge is 0.107 e. The zero-order valence-electron chi connectivity index (χ0n) is 8.86. The predicted molar refractivity (Wildman–Crippen MR) is 52.1 cm³/mol. The van der Waals surface area contributed by atoms with Crippen molar-refractivity contribution in [1.29, 1.82) is 0 Å². The molecule has 0 aliphatic heterocycles. The molecule has 0 bridgehead atoms. The summed E-state index contributed by atoms with van der Waals surface area (Å²) < 4.78 is 0. The highest BCUT2D eigenvalue weighted by Gasteiger charge is 2.06. The molecule has 0 fully saturated rings. The molecule has 0 aromatic carbocycles. The van der Waals surface area contributed by atoms with Gasteiger partial charge in [0.1, 0.15) is 19.7 Å². The number of quaternary nitrogens is 1. The second kappa shape index (κ2) is 9.01. The van der Waals surface area contributed by atoms with Crippen LogP contribution in [0.25, 0.3) is 0 Å². The molecule has 2 nitrogen and oxygen atoms in total. The third-order valence-electron chi connectivity index (χ3n) is 1.97. The highest BCUT2D eigenvalue weighted by molar-refractivity contribution is 4.30. The van der Waals surface area contributed by atoms with Gasteiger partial charge >= 0.3 is 0 Å². The van der Waals surface area contributed by atoms with E-state index in [1.54, 1.807) is 0 Å². The van der Waals surface area contributed by atoms with Crippen LogP contribution in [0.2, 0.25) is 0 Å². The molecule has 1 N–H and O–H groups in total. The Balaban J connectivity index is 3.40. The van der Waals surface area contributed by atoms with Gasteiger partial charge in [-0.1, -0.05) is 26.7 Å². The fourth-order valence-corrected chi connectivity index (χ4v) is 1.22. The van der Waals surface area contributed by atoms with Gasteiger partial charge < -0.3 is 0 Å². The summed E-state index contributed by atoms with van der Waals surface area (Å²) >= 11 is 0. The third kappa shape index (κ3) is 6.62. The minimum atomic E-state index is 0.836. The Morgan fingerprint density at radius 1 is 0.917 bits per heavy atom. The van der Waals surface area contributed by atoms with Crippen LogP contribution in [0, 0.1) is 0 Å². The Morgan fingerprint density at radius 2 is 1.42 bits per heavy atom. The van der Waals surface area contributed by atoms with Crippen molar-refractivity contribution >= 4 is 0 Å². The first-order chi connectivity index (χ1) is 5.85. The lowest BCUT2D eigenvalue weighted by molar-refractivity contribution is -1.09. The summed E-state index contributed by atoms with van der Waals surface area (Å²) in [5.74, 6) is 0. The minimum Gasteiger partial charge on any atom is -0.205 e. The maximum absolute atomic E-state index is 5.56. The second-order valence-electron chi connectivity index (χ2n) is 3.18. The van der Waals surface area contributed by atoms with Gasteiger partial charge in [-0.25, -0.2) is 4.84 Å². The molecule has 0 atom stereocenters. The summed E-state index contributed by atoms with van der Waals surface area (Å²) in [4.78, 5) is 5.56. The first-order valence-corrected chi connectivity index (χ1v) is 5.32. The van der Waals surface area contributed by atoms with E-state index in [1.807, 2.05) is 0 Å². The number of nitrogens with one attached hydrogen (secondary N) is 1. The Bertz CT molecular complexity index is 77.9. The minimum absolute atomic E-state index is 0.836. The lowest BCUT2D eigenvalue weighted by Crippen LogP contribution is -3.11. The van der Waals surface area contributed by atoms with E-state index in [1.165, 1.54) is 43.8 Å². The van der Waals surface area contributed by atoms with Crippen molar-refractivity contribution in [1.82, 2.24) is 0 Å². The summed E-state index contributed by atoms with van der Waals surface area (Å²) in [6.45, 7) is 9.70. The van der Waals surface area contributed by atoms with E-state index in [2.05, 4.69) is 20.8 Å². The van der Waals surface area contributed by atoms with Gasteiger partial charge in [-0.15, -0.1) is 0 Å². The van der Waals surface area contributed by atoms with E-state index in [0.717, 1.165) is 6.61 Å². The van der Waals surface area contributed by atoms with E-state index >= 15 is 0 Å². The van der Waals surface area contributed by atoms with Crippen LogP contribution < -0.4 is 5.06 Å². The standard InChI is InChI=1S/C10H23NO/c1-4-7-9-11(12-6-3)10-8-5-2/h4-10H2,1-3H3/p+1. The Morgan fingerprint density at radius 3 is 1.75 bits per heavy atom. The average molecular weight is 174 g/mol. The van der Waals surface area contributed by atoms with E-state index in [-0.39, 0.29) is 0 Å². The molecular weight excluding hydrogens is 150 g/mol. The summed E-state index contributed by atoms with van der Waals surface area (Å²) in [7, 11) is 0. The van der Waals surface area contributed by atoms with Crippen LogP contribution in [0.1, 0.15) is 46.5 Å². The lowest BCUT2D eigenvalue weighted by atomic mass is 10.3. The molecular formula is C10H24NO+. The largest absolute Gasteiger partial charge is 0.205 e. The number of hydrogen-bond donors (Lipinski definition) is 1. The number of rotatable bonds is 8. The van der Waals surface area contributed by atoms with Crippen molar-refractivity contribution in [3.05, 3.63) is 0 Å². The van der Waals surface area contributed by atoms with Crippen LogP contribution in [-0.4, -0.2) is 19.7 Å². The van der Waals surface area contributed by atoms with E-state index in [0.29, 0.717) is 0 Å². The highest BCUT2D eigenvalue weighted by atomic mass is 16.7. The van der Waals surface area contributed by atoms with Crippen LogP contribution in [-0.2, 0) is 4.84 Å². The van der Waals surface area contributed by atoms with Gasteiger partial charge in [0.25, 0.3) is 0 Å². The van der Waals surface area contributed by atoms with Crippen LogP contribution in [0.4, 0.5) is 0 Å². The molecule has 74 valence electrons. The van der Waals surface area contributed by atoms with E-state index < -0.39 is 0 Å².